The lowest BCUT2D eigenvalue weighted by molar-refractivity contribution is 0.537. The average Bonchev–Trinajstić information content (AvgIpc) is 2.84. The maximum absolute atomic E-state index is 5.61. The molecule has 1 unspecified atom stereocenters. The van der Waals surface area contributed by atoms with Crippen molar-refractivity contribution >= 4 is 33.8 Å². The highest BCUT2D eigenvalue weighted by Crippen LogP contribution is 2.28. The number of hydrogen-bond donors (Lipinski definition) is 0. The third kappa shape index (κ3) is 2.69. The SMILES string of the molecule is CC(CCc1ccccc1)n1sc2ccccc2c1=S. The van der Waals surface area contributed by atoms with Crippen molar-refractivity contribution < 1.29 is 0 Å². The Balaban J connectivity index is 1.80. The molecule has 1 heterocycles. The van der Waals surface area contributed by atoms with Crippen molar-refractivity contribution in [3.05, 3.63) is 64.8 Å². The Morgan fingerprint density at radius 2 is 1.75 bits per heavy atom. The van der Waals surface area contributed by atoms with E-state index in [1.165, 1.54) is 15.6 Å². The summed E-state index contributed by atoms with van der Waals surface area (Å²) < 4.78 is 4.54. The molecule has 20 heavy (non-hydrogen) atoms. The molecule has 0 spiro atoms. The molecule has 3 aromatic rings. The molecule has 0 aliphatic rings. The van der Waals surface area contributed by atoms with Crippen LogP contribution in [0.2, 0.25) is 0 Å². The topological polar surface area (TPSA) is 4.93 Å². The number of fused-ring (bicyclic) bond motifs is 1. The molecule has 0 bridgehead atoms. The van der Waals surface area contributed by atoms with Gasteiger partial charge in [0.1, 0.15) is 4.64 Å². The second-order valence-corrected chi connectivity index (χ2v) is 6.49. The minimum Gasteiger partial charge on any atom is -0.284 e. The second-order valence-electron chi connectivity index (χ2n) is 5.09. The first-order chi connectivity index (χ1) is 9.75. The van der Waals surface area contributed by atoms with Crippen molar-refractivity contribution in [3.63, 3.8) is 0 Å². The summed E-state index contributed by atoms with van der Waals surface area (Å²) in [4.78, 5) is 0. The van der Waals surface area contributed by atoms with E-state index in [9.17, 15) is 0 Å². The van der Waals surface area contributed by atoms with Crippen LogP contribution in [-0.2, 0) is 6.42 Å². The predicted molar refractivity (Wildman–Crippen MR) is 90.1 cm³/mol. The Bertz CT molecular complexity index is 755. The molecule has 2 aromatic carbocycles. The van der Waals surface area contributed by atoms with Crippen LogP contribution in [0.3, 0.4) is 0 Å². The Hall–Kier alpha value is -1.45. The van der Waals surface area contributed by atoms with Crippen molar-refractivity contribution in [1.29, 1.82) is 0 Å². The predicted octanol–water partition coefficient (Wildman–Crippen LogP) is 5.63. The summed E-state index contributed by atoms with van der Waals surface area (Å²) in [5.41, 5.74) is 1.40. The van der Waals surface area contributed by atoms with E-state index in [-0.39, 0.29) is 0 Å². The molecule has 1 aromatic heterocycles. The van der Waals surface area contributed by atoms with Gasteiger partial charge in [0.15, 0.2) is 0 Å². The van der Waals surface area contributed by atoms with Gasteiger partial charge < -0.3 is 0 Å². The third-order valence-electron chi connectivity index (χ3n) is 3.61. The molecule has 3 heteroatoms. The Labute approximate surface area is 128 Å². The lowest BCUT2D eigenvalue weighted by Crippen LogP contribution is -2.03. The minimum absolute atomic E-state index is 0.445. The molecular weight excluding hydrogens is 282 g/mol. The zero-order valence-corrected chi connectivity index (χ0v) is 13.1. The molecule has 1 nitrogen and oxygen atoms in total. The Kier molecular flexibility index (Phi) is 3.99. The molecule has 0 saturated heterocycles. The monoisotopic (exact) mass is 299 g/mol. The van der Waals surface area contributed by atoms with Crippen LogP contribution >= 0.6 is 23.8 Å². The van der Waals surface area contributed by atoms with Gasteiger partial charge in [0.25, 0.3) is 0 Å². The molecule has 0 aliphatic carbocycles. The van der Waals surface area contributed by atoms with Crippen LogP contribution in [0.1, 0.15) is 24.9 Å². The summed E-state index contributed by atoms with van der Waals surface area (Å²) in [5, 5.41) is 1.21. The third-order valence-corrected chi connectivity index (χ3v) is 5.43. The molecule has 102 valence electrons. The van der Waals surface area contributed by atoms with Gasteiger partial charge in [0.2, 0.25) is 0 Å². The van der Waals surface area contributed by atoms with Crippen LogP contribution < -0.4 is 0 Å². The summed E-state index contributed by atoms with van der Waals surface area (Å²) in [7, 11) is 0. The fourth-order valence-corrected chi connectivity index (χ4v) is 4.03. The molecule has 0 saturated carbocycles. The van der Waals surface area contributed by atoms with Gasteiger partial charge in [-0.25, -0.2) is 0 Å². The zero-order chi connectivity index (χ0) is 13.9. The maximum atomic E-state index is 5.61. The second kappa shape index (κ2) is 5.90. The number of aryl methyl sites for hydroxylation is 1. The molecule has 0 N–H and O–H groups in total. The number of hydrogen-bond acceptors (Lipinski definition) is 2. The van der Waals surface area contributed by atoms with Gasteiger partial charge in [-0.05, 0) is 31.4 Å². The van der Waals surface area contributed by atoms with E-state index in [0.29, 0.717) is 6.04 Å². The van der Waals surface area contributed by atoms with Gasteiger partial charge in [0, 0.05) is 11.4 Å². The van der Waals surface area contributed by atoms with E-state index in [0.717, 1.165) is 17.5 Å². The summed E-state index contributed by atoms with van der Waals surface area (Å²) in [5.74, 6) is 0. The van der Waals surface area contributed by atoms with Crippen LogP contribution in [0.15, 0.2) is 54.6 Å². The van der Waals surface area contributed by atoms with Crippen molar-refractivity contribution in [3.8, 4) is 0 Å². The molecular formula is C17H17NS2. The summed E-state index contributed by atoms with van der Waals surface area (Å²) in [6.45, 7) is 2.26. The van der Waals surface area contributed by atoms with E-state index in [1.807, 2.05) is 0 Å². The highest BCUT2D eigenvalue weighted by Gasteiger charge is 2.10. The first-order valence-corrected chi connectivity index (χ1v) is 8.08. The maximum Gasteiger partial charge on any atom is 0.124 e. The minimum atomic E-state index is 0.445. The Morgan fingerprint density at radius 3 is 2.50 bits per heavy atom. The fraction of sp³-hybridized carbons (Fsp3) is 0.235. The fourth-order valence-electron chi connectivity index (χ4n) is 2.42. The molecule has 3 rings (SSSR count). The smallest absolute Gasteiger partial charge is 0.124 e. The van der Waals surface area contributed by atoms with E-state index < -0.39 is 0 Å². The van der Waals surface area contributed by atoms with E-state index >= 15 is 0 Å². The first-order valence-electron chi connectivity index (χ1n) is 6.90. The van der Waals surface area contributed by atoms with Crippen LogP contribution in [-0.4, -0.2) is 3.96 Å². The quantitative estimate of drug-likeness (QED) is 0.565. The van der Waals surface area contributed by atoms with Crippen molar-refractivity contribution in [1.82, 2.24) is 3.96 Å². The van der Waals surface area contributed by atoms with Gasteiger partial charge in [-0.15, -0.1) is 0 Å². The average molecular weight is 299 g/mol. The highest BCUT2D eigenvalue weighted by atomic mass is 32.1. The van der Waals surface area contributed by atoms with Gasteiger partial charge in [-0.1, -0.05) is 72.3 Å². The zero-order valence-electron chi connectivity index (χ0n) is 11.5. The van der Waals surface area contributed by atoms with E-state index in [4.69, 9.17) is 12.2 Å². The largest absolute Gasteiger partial charge is 0.284 e. The van der Waals surface area contributed by atoms with Crippen LogP contribution in [0.25, 0.3) is 10.1 Å². The lowest BCUT2D eigenvalue weighted by Gasteiger charge is -2.12. The highest BCUT2D eigenvalue weighted by molar-refractivity contribution is 7.71. The van der Waals surface area contributed by atoms with E-state index in [2.05, 4.69) is 65.5 Å². The van der Waals surface area contributed by atoms with Crippen LogP contribution in [0, 0.1) is 4.64 Å². The van der Waals surface area contributed by atoms with Crippen molar-refractivity contribution in [2.24, 2.45) is 0 Å². The molecule has 0 fully saturated rings. The first kappa shape index (κ1) is 13.5. The standard InChI is InChI=1S/C17H17NS2/c1-13(11-12-14-7-3-2-4-8-14)18-17(19)15-9-5-6-10-16(15)20-18/h2-10,13H,11-12H2,1H3. The van der Waals surface area contributed by atoms with Gasteiger partial charge in [-0.3, -0.25) is 3.96 Å². The number of nitrogens with zero attached hydrogens (tertiary/aromatic N) is 1. The Morgan fingerprint density at radius 1 is 1.05 bits per heavy atom. The molecule has 1 atom stereocenters. The molecule has 0 amide bonds. The summed E-state index contributed by atoms with van der Waals surface area (Å²) in [6, 6.07) is 19.5. The normalized spacial score (nSPS) is 12.7. The number of aromatic nitrogens is 1. The van der Waals surface area contributed by atoms with Gasteiger partial charge in [-0.2, -0.15) is 0 Å². The van der Waals surface area contributed by atoms with Crippen molar-refractivity contribution in [2.45, 2.75) is 25.8 Å². The number of benzene rings is 2. The number of rotatable bonds is 4. The van der Waals surface area contributed by atoms with Crippen LogP contribution in [0.5, 0.6) is 0 Å². The lowest BCUT2D eigenvalue weighted by atomic mass is 10.1. The summed E-state index contributed by atoms with van der Waals surface area (Å²) in [6.07, 6.45) is 2.21. The van der Waals surface area contributed by atoms with Crippen molar-refractivity contribution in [2.75, 3.05) is 0 Å². The molecule has 0 aliphatic heterocycles. The molecule has 0 radical (unpaired) electrons. The van der Waals surface area contributed by atoms with Gasteiger partial charge >= 0.3 is 0 Å². The van der Waals surface area contributed by atoms with Gasteiger partial charge in [0.05, 0.1) is 4.70 Å². The summed E-state index contributed by atoms with van der Waals surface area (Å²) >= 11 is 7.39. The van der Waals surface area contributed by atoms with Crippen LogP contribution in [0.4, 0.5) is 0 Å². The van der Waals surface area contributed by atoms with E-state index in [1.54, 1.807) is 11.5 Å².